The average Bonchev–Trinajstić information content (AvgIpc) is 2.77. The summed E-state index contributed by atoms with van der Waals surface area (Å²) in [4.78, 5) is 12.3. The highest BCUT2D eigenvalue weighted by atomic mass is 19.4. The Bertz CT molecular complexity index is 891. The Morgan fingerprint density at radius 1 is 1.09 bits per heavy atom. The molecule has 7 heteroatoms. The lowest BCUT2D eigenvalue weighted by molar-refractivity contribution is -0.355. The van der Waals surface area contributed by atoms with Crippen molar-refractivity contribution in [3.05, 3.63) is 69.9 Å². The van der Waals surface area contributed by atoms with Gasteiger partial charge in [0.2, 0.25) is 5.69 Å². The lowest BCUT2D eigenvalue weighted by Gasteiger charge is -2.07. The molecule has 1 heterocycles. The highest BCUT2D eigenvalue weighted by Gasteiger charge is 2.37. The van der Waals surface area contributed by atoms with Crippen LogP contribution in [0.4, 0.5) is 18.9 Å². The Hall–Kier alpha value is -3.14. The first-order valence-corrected chi connectivity index (χ1v) is 6.43. The van der Waals surface area contributed by atoms with Gasteiger partial charge in [0, 0.05) is 6.07 Å². The second-order valence-corrected chi connectivity index (χ2v) is 4.89. The highest BCUT2D eigenvalue weighted by molar-refractivity contribution is 6.52. The first-order valence-electron chi connectivity index (χ1n) is 6.43. The molecule has 1 aliphatic heterocycles. The number of ketones is 1. The van der Waals surface area contributed by atoms with Crippen molar-refractivity contribution in [2.24, 2.45) is 0 Å². The number of nitriles is 1. The Kier molecular flexibility index (Phi) is 3.18. The van der Waals surface area contributed by atoms with Crippen molar-refractivity contribution < 1.29 is 22.7 Å². The van der Waals surface area contributed by atoms with Crippen LogP contribution in [0, 0.1) is 16.5 Å². The zero-order chi connectivity index (χ0) is 16.8. The second kappa shape index (κ2) is 4.95. The summed E-state index contributed by atoms with van der Waals surface area (Å²) in [5.74, 6) is -0.619. The van der Waals surface area contributed by atoms with Crippen molar-refractivity contribution >= 4 is 17.2 Å². The van der Waals surface area contributed by atoms with Crippen LogP contribution >= 0.6 is 0 Å². The summed E-state index contributed by atoms with van der Waals surface area (Å²) in [7, 11) is 0. The van der Waals surface area contributed by atoms with Crippen molar-refractivity contribution in [3.63, 3.8) is 0 Å². The predicted octanol–water partition coefficient (Wildman–Crippen LogP) is 3.40. The summed E-state index contributed by atoms with van der Waals surface area (Å²) in [5.41, 5.74) is -0.678. The van der Waals surface area contributed by atoms with Crippen molar-refractivity contribution in [1.82, 2.24) is 0 Å². The van der Waals surface area contributed by atoms with Gasteiger partial charge in [0.25, 0.3) is 11.5 Å². The van der Waals surface area contributed by atoms with Gasteiger partial charge in [-0.05, 0) is 36.4 Å². The zero-order valence-corrected chi connectivity index (χ0v) is 11.4. The van der Waals surface area contributed by atoms with Gasteiger partial charge >= 0.3 is 6.18 Å². The molecule has 0 amide bonds. The molecular weight excluding hydrogens is 309 g/mol. The molecule has 2 aromatic rings. The van der Waals surface area contributed by atoms with E-state index in [9.17, 15) is 23.2 Å². The summed E-state index contributed by atoms with van der Waals surface area (Å²) in [5, 5.41) is 21.1. The van der Waals surface area contributed by atoms with Crippen molar-refractivity contribution in [3.8, 4) is 6.07 Å². The van der Waals surface area contributed by atoms with Crippen LogP contribution in [0.15, 0.2) is 42.5 Å². The van der Waals surface area contributed by atoms with Gasteiger partial charge in [0.05, 0.1) is 22.8 Å². The molecule has 4 nitrogen and oxygen atoms in total. The number of halogens is 3. The molecule has 1 aliphatic rings. The number of fused-ring (bicyclic) bond motifs is 1. The Balaban J connectivity index is 2.06. The largest absolute Gasteiger partial charge is 0.618 e. The summed E-state index contributed by atoms with van der Waals surface area (Å²) in [6.07, 6.45) is -4.50. The molecule has 3 rings (SSSR count). The normalized spacial score (nSPS) is 13.9. The fraction of sp³-hybridized carbons (Fsp3) is 0.0625. The van der Waals surface area contributed by atoms with E-state index >= 15 is 0 Å². The number of benzene rings is 2. The third-order valence-electron chi connectivity index (χ3n) is 3.49. The lowest BCUT2D eigenvalue weighted by Crippen LogP contribution is -2.17. The molecule has 0 atom stereocenters. The summed E-state index contributed by atoms with van der Waals surface area (Å²) < 4.78 is 38.1. The van der Waals surface area contributed by atoms with Crippen LogP contribution in [0.2, 0.25) is 0 Å². The van der Waals surface area contributed by atoms with E-state index < -0.39 is 17.5 Å². The maximum atomic E-state index is 12.6. The maximum absolute atomic E-state index is 12.6. The van der Waals surface area contributed by atoms with E-state index in [2.05, 4.69) is 0 Å². The molecule has 0 saturated heterocycles. The van der Waals surface area contributed by atoms with Gasteiger partial charge in [0.1, 0.15) is 5.56 Å². The van der Waals surface area contributed by atoms with Crippen LogP contribution in [-0.2, 0) is 6.18 Å². The quantitative estimate of drug-likeness (QED) is 0.598. The van der Waals surface area contributed by atoms with Gasteiger partial charge < -0.3 is 5.21 Å². The van der Waals surface area contributed by atoms with Gasteiger partial charge in [-0.15, -0.1) is 0 Å². The van der Waals surface area contributed by atoms with Gasteiger partial charge in [-0.2, -0.15) is 23.2 Å². The lowest BCUT2D eigenvalue weighted by atomic mass is 10.0. The number of hydrogen-bond donors (Lipinski definition) is 0. The van der Waals surface area contributed by atoms with E-state index in [-0.39, 0.29) is 28.1 Å². The third-order valence-corrected chi connectivity index (χ3v) is 3.49. The Morgan fingerprint density at radius 2 is 1.74 bits per heavy atom. The predicted molar refractivity (Wildman–Crippen MR) is 74.3 cm³/mol. The molecule has 114 valence electrons. The van der Waals surface area contributed by atoms with Crippen molar-refractivity contribution in [2.45, 2.75) is 6.18 Å². The van der Waals surface area contributed by atoms with Crippen LogP contribution in [0.1, 0.15) is 27.0 Å². The van der Waals surface area contributed by atoms with E-state index in [1.165, 1.54) is 18.2 Å². The molecule has 0 radical (unpaired) electrons. The number of hydrogen-bond acceptors (Lipinski definition) is 3. The van der Waals surface area contributed by atoms with Gasteiger partial charge in [-0.25, -0.2) is 0 Å². The van der Waals surface area contributed by atoms with Crippen LogP contribution in [0.5, 0.6) is 0 Å². The minimum atomic E-state index is -4.50. The van der Waals surface area contributed by atoms with Crippen molar-refractivity contribution in [2.75, 3.05) is 0 Å². The van der Waals surface area contributed by atoms with Crippen LogP contribution in [0.3, 0.4) is 0 Å². The average molecular weight is 316 g/mol. The molecule has 0 aromatic heterocycles. The molecular formula is C16H7F3N2O2. The second-order valence-electron chi connectivity index (χ2n) is 4.89. The SMILES string of the molecule is N#Cc1ccc2c(c1)C(=O)C(c1ccc(C(F)(F)F)cc1)=[N+]2[O-]. The number of nitrogens with zero attached hydrogens (tertiary/aromatic N) is 2. The van der Waals surface area contributed by atoms with E-state index in [0.717, 1.165) is 24.3 Å². The Morgan fingerprint density at radius 3 is 2.30 bits per heavy atom. The van der Waals surface area contributed by atoms with E-state index in [1.54, 1.807) is 0 Å². The summed E-state index contributed by atoms with van der Waals surface area (Å²) >= 11 is 0. The van der Waals surface area contributed by atoms with E-state index in [1.807, 2.05) is 6.07 Å². The maximum Gasteiger partial charge on any atom is 0.416 e. The first-order chi connectivity index (χ1) is 10.8. The number of Topliss-reactive ketones (excluding diaryl/α,β-unsaturated/α-hetero) is 1. The fourth-order valence-corrected chi connectivity index (χ4v) is 2.37. The Labute approximate surface area is 128 Å². The molecule has 0 saturated carbocycles. The number of alkyl halides is 3. The standard InChI is InChI=1S/C16H7F3N2O2/c17-16(18,19)11-4-2-10(3-5-11)14-15(22)12-7-9(8-20)1-6-13(12)21(14)23/h1-7H. The molecule has 0 bridgehead atoms. The first kappa shape index (κ1) is 14.8. The number of carbonyl (C=O) groups is 1. The smallest absolute Gasteiger partial charge is 0.416 e. The minimum Gasteiger partial charge on any atom is -0.618 e. The summed E-state index contributed by atoms with van der Waals surface area (Å²) in [6, 6.07) is 9.68. The molecule has 0 unspecified atom stereocenters. The molecule has 23 heavy (non-hydrogen) atoms. The molecule has 2 aromatic carbocycles. The van der Waals surface area contributed by atoms with Crippen LogP contribution in [0.25, 0.3) is 0 Å². The summed E-state index contributed by atoms with van der Waals surface area (Å²) in [6.45, 7) is 0. The molecule has 0 aliphatic carbocycles. The number of carbonyl (C=O) groups excluding carboxylic acids is 1. The fourth-order valence-electron chi connectivity index (χ4n) is 2.37. The molecule has 0 fully saturated rings. The van der Waals surface area contributed by atoms with Crippen LogP contribution in [-0.4, -0.2) is 16.2 Å². The third kappa shape index (κ3) is 2.34. The molecule has 0 spiro atoms. The van der Waals surface area contributed by atoms with Crippen LogP contribution < -0.4 is 0 Å². The number of rotatable bonds is 1. The van der Waals surface area contributed by atoms with Gasteiger partial charge in [-0.1, -0.05) is 0 Å². The topological polar surface area (TPSA) is 66.9 Å². The highest BCUT2D eigenvalue weighted by Crippen LogP contribution is 2.31. The van der Waals surface area contributed by atoms with Gasteiger partial charge in [0.15, 0.2) is 0 Å². The zero-order valence-electron chi connectivity index (χ0n) is 11.4. The molecule has 0 N–H and O–H groups in total. The van der Waals surface area contributed by atoms with E-state index in [0.29, 0.717) is 4.74 Å². The monoisotopic (exact) mass is 316 g/mol. The van der Waals surface area contributed by atoms with Crippen molar-refractivity contribution in [1.29, 1.82) is 5.26 Å². The minimum absolute atomic E-state index is 0.0638. The van der Waals surface area contributed by atoms with Gasteiger partial charge in [-0.3, -0.25) is 4.79 Å². The van der Waals surface area contributed by atoms with E-state index in [4.69, 9.17) is 5.26 Å².